The van der Waals surface area contributed by atoms with Crippen LogP contribution in [0.1, 0.15) is 27.2 Å². The van der Waals surface area contributed by atoms with Crippen LogP contribution in [0.5, 0.6) is 0 Å². The maximum absolute atomic E-state index is 12.6. The van der Waals surface area contributed by atoms with Crippen LogP contribution in [0.3, 0.4) is 0 Å². The van der Waals surface area contributed by atoms with Crippen molar-refractivity contribution in [2.24, 2.45) is 10.9 Å². The molecule has 0 bridgehead atoms. The molecule has 0 aliphatic heterocycles. The van der Waals surface area contributed by atoms with E-state index in [1.807, 2.05) is 0 Å². The summed E-state index contributed by atoms with van der Waals surface area (Å²) in [4.78, 5) is 17.3. The van der Waals surface area contributed by atoms with E-state index in [1.165, 1.54) is 0 Å². The van der Waals surface area contributed by atoms with Gasteiger partial charge >= 0.3 is 12.1 Å². The fourth-order valence-corrected chi connectivity index (χ4v) is 2.55. The predicted octanol–water partition coefficient (Wildman–Crippen LogP) is 4.80. The zero-order chi connectivity index (χ0) is 21.2. The van der Waals surface area contributed by atoms with Crippen LogP contribution < -0.4 is 5.73 Å². The van der Waals surface area contributed by atoms with Crippen LogP contribution in [0.25, 0.3) is 11.3 Å². The van der Waals surface area contributed by atoms with Gasteiger partial charge in [0.15, 0.2) is 11.6 Å². The lowest BCUT2D eigenvalue weighted by molar-refractivity contribution is -0.137. The number of nitrogens with zero attached hydrogens (tertiary/aromatic N) is 2. The Bertz CT molecular complexity index is 1060. The smallest absolute Gasteiger partial charge is 0.380 e. The quantitative estimate of drug-likeness (QED) is 0.282. The van der Waals surface area contributed by atoms with Crippen LogP contribution in [-0.4, -0.2) is 17.0 Å². The van der Waals surface area contributed by atoms with Gasteiger partial charge in [0.1, 0.15) is 5.56 Å². The second-order valence-electron chi connectivity index (χ2n) is 5.91. The Balaban J connectivity index is 1.80. The number of benzene rings is 2. The molecule has 3 rings (SSSR count). The van der Waals surface area contributed by atoms with Crippen LogP contribution in [0, 0.1) is 6.92 Å². The lowest BCUT2D eigenvalue weighted by atomic mass is 10.1. The molecule has 6 nitrogen and oxygen atoms in total. The first-order valence-electron chi connectivity index (χ1n) is 8.11. The molecule has 0 radical (unpaired) electrons. The van der Waals surface area contributed by atoms with E-state index >= 15 is 0 Å². The topological polar surface area (TPSA) is 90.7 Å². The third kappa shape index (κ3) is 4.57. The van der Waals surface area contributed by atoms with Gasteiger partial charge in [0.05, 0.1) is 11.3 Å². The monoisotopic (exact) mass is 423 g/mol. The number of oxime groups is 1. The maximum atomic E-state index is 12.6. The summed E-state index contributed by atoms with van der Waals surface area (Å²) in [6.45, 7) is 1.54. The van der Waals surface area contributed by atoms with Crippen molar-refractivity contribution in [3.63, 3.8) is 0 Å². The first-order chi connectivity index (χ1) is 13.7. The number of hydrogen-bond donors (Lipinski definition) is 1. The number of aryl methyl sites for hydroxylation is 1. The summed E-state index contributed by atoms with van der Waals surface area (Å²) in [6, 6.07) is 10.5. The molecule has 29 heavy (non-hydrogen) atoms. The highest BCUT2D eigenvalue weighted by Gasteiger charge is 2.30. The fraction of sp³-hybridized carbons (Fsp3) is 0.105. The van der Waals surface area contributed by atoms with Crippen LogP contribution in [0.15, 0.2) is 58.2 Å². The summed E-state index contributed by atoms with van der Waals surface area (Å²) < 4.78 is 43.0. The molecule has 2 aromatic carbocycles. The van der Waals surface area contributed by atoms with E-state index < -0.39 is 17.7 Å². The molecule has 2 N–H and O–H groups in total. The molecule has 0 unspecified atom stereocenters. The molecule has 0 aliphatic rings. The number of hydrogen-bond acceptors (Lipinski definition) is 5. The first-order valence-corrected chi connectivity index (χ1v) is 8.49. The molecule has 0 fully saturated rings. The Morgan fingerprint density at radius 3 is 2.34 bits per heavy atom. The number of aromatic nitrogens is 1. The predicted molar refractivity (Wildman–Crippen MR) is 99.3 cm³/mol. The molecule has 3 aromatic rings. The number of carbonyl (C=O) groups is 1. The lowest BCUT2D eigenvalue weighted by Crippen LogP contribution is -2.16. The fourth-order valence-electron chi connectivity index (χ4n) is 2.43. The second-order valence-corrected chi connectivity index (χ2v) is 6.35. The van der Waals surface area contributed by atoms with Gasteiger partial charge in [-0.3, -0.25) is 0 Å². The highest BCUT2D eigenvalue weighted by atomic mass is 35.5. The van der Waals surface area contributed by atoms with E-state index in [9.17, 15) is 18.0 Å². The summed E-state index contributed by atoms with van der Waals surface area (Å²) in [7, 11) is 0. The Hall–Kier alpha value is -3.33. The molecule has 1 heterocycles. The van der Waals surface area contributed by atoms with Gasteiger partial charge in [-0.2, -0.15) is 13.2 Å². The standard InChI is InChI=1S/C19H13ClF3N3O3/c1-10-15(16(28-25-10)11-4-8-14(20)9-5-11)18(27)29-26-17(24)12-2-6-13(7-3-12)19(21,22)23/h2-9H,1H3,(H2,24,26). The minimum atomic E-state index is -4.47. The van der Waals surface area contributed by atoms with Gasteiger partial charge in [-0.15, -0.1) is 0 Å². The Kier molecular flexibility index (Phi) is 5.60. The van der Waals surface area contributed by atoms with Crippen molar-refractivity contribution in [3.8, 4) is 11.3 Å². The molecule has 0 atom stereocenters. The van der Waals surface area contributed by atoms with Crippen molar-refractivity contribution in [1.29, 1.82) is 0 Å². The van der Waals surface area contributed by atoms with Crippen molar-refractivity contribution in [2.45, 2.75) is 13.1 Å². The molecule has 0 spiro atoms. The van der Waals surface area contributed by atoms with E-state index in [1.54, 1.807) is 31.2 Å². The number of rotatable bonds is 4. The molecule has 0 aliphatic carbocycles. The average Bonchev–Trinajstić information content (AvgIpc) is 3.07. The maximum Gasteiger partial charge on any atom is 0.416 e. The molecule has 10 heteroatoms. The van der Waals surface area contributed by atoms with Crippen molar-refractivity contribution >= 4 is 23.4 Å². The highest BCUT2D eigenvalue weighted by Crippen LogP contribution is 2.29. The van der Waals surface area contributed by atoms with Gasteiger partial charge in [0.25, 0.3) is 0 Å². The summed E-state index contributed by atoms with van der Waals surface area (Å²) in [6.07, 6.45) is -4.47. The van der Waals surface area contributed by atoms with E-state index in [-0.39, 0.29) is 28.4 Å². The average molecular weight is 424 g/mol. The number of alkyl halides is 3. The number of halogens is 4. The first kappa shape index (κ1) is 20.4. The normalized spacial score (nSPS) is 12.1. The van der Waals surface area contributed by atoms with Gasteiger partial charge in [0.2, 0.25) is 0 Å². The third-order valence-electron chi connectivity index (χ3n) is 3.91. The second kappa shape index (κ2) is 7.96. The van der Waals surface area contributed by atoms with Crippen molar-refractivity contribution < 1.29 is 27.3 Å². The summed E-state index contributed by atoms with van der Waals surface area (Å²) in [5.74, 6) is -0.995. The van der Waals surface area contributed by atoms with Gasteiger partial charge in [-0.05, 0) is 43.3 Å². The van der Waals surface area contributed by atoms with Crippen molar-refractivity contribution in [1.82, 2.24) is 5.16 Å². The minimum Gasteiger partial charge on any atom is -0.380 e. The Morgan fingerprint density at radius 2 is 1.76 bits per heavy atom. The van der Waals surface area contributed by atoms with Gasteiger partial charge in [-0.25, -0.2) is 4.79 Å². The number of nitrogens with two attached hydrogens (primary N) is 1. The third-order valence-corrected chi connectivity index (χ3v) is 4.16. The SMILES string of the molecule is Cc1noc(-c2ccc(Cl)cc2)c1C(=O)ON=C(N)c1ccc(C(F)(F)F)cc1. The number of amidine groups is 1. The van der Waals surface area contributed by atoms with Crippen molar-refractivity contribution in [2.75, 3.05) is 0 Å². The van der Waals surface area contributed by atoms with Crippen LogP contribution in [0.2, 0.25) is 5.02 Å². The number of carbonyl (C=O) groups excluding carboxylic acids is 1. The zero-order valence-electron chi connectivity index (χ0n) is 14.8. The van der Waals surface area contributed by atoms with E-state index in [0.29, 0.717) is 10.6 Å². The van der Waals surface area contributed by atoms with Crippen LogP contribution in [0.4, 0.5) is 13.2 Å². The molecule has 0 amide bonds. The lowest BCUT2D eigenvalue weighted by Gasteiger charge is -2.07. The molecular weight excluding hydrogens is 411 g/mol. The largest absolute Gasteiger partial charge is 0.416 e. The molecule has 1 aromatic heterocycles. The summed E-state index contributed by atoms with van der Waals surface area (Å²) in [5.41, 5.74) is 5.87. The van der Waals surface area contributed by atoms with Gasteiger partial charge in [-0.1, -0.05) is 34.0 Å². The van der Waals surface area contributed by atoms with Gasteiger partial charge in [0, 0.05) is 16.1 Å². The Labute approximate surface area is 167 Å². The van der Waals surface area contributed by atoms with Crippen LogP contribution >= 0.6 is 11.6 Å². The van der Waals surface area contributed by atoms with Crippen LogP contribution in [-0.2, 0) is 11.0 Å². The molecular formula is C19H13ClF3N3O3. The highest BCUT2D eigenvalue weighted by molar-refractivity contribution is 6.30. The van der Waals surface area contributed by atoms with E-state index in [2.05, 4.69) is 10.3 Å². The summed E-state index contributed by atoms with van der Waals surface area (Å²) >= 11 is 5.85. The minimum absolute atomic E-state index is 0.0382. The molecule has 150 valence electrons. The molecule has 0 saturated carbocycles. The Morgan fingerprint density at radius 1 is 1.14 bits per heavy atom. The van der Waals surface area contributed by atoms with E-state index in [0.717, 1.165) is 24.3 Å². The molecule has 0 saturated heterocycles. The van der Waals surface area contributed by atoms with E-state index in [4.69, 9.17) is 26.7 Å². The zero-order valence-corrected chi connectivity index (χ0v) is 15.6. The van der Waals surface area contributed by atoms with Gasteiger partial charge < -0.3 is 15.1 Å². The van der Waals surface area contributed by atoms with Crippen molar-refractivity contribution in [3.05, 3.63) is 75.9 Å². The summed E-state index contributed by atoms with van der Waals surface area (Å²) in [5, 5.41) is 7.77.